The maximum Gasteiger partial charge on any atom is 0.269 e. The minimum atomic E-state index is -3.17. The predicted molar refractivity (Wildman–Crippen MR) is 186 cm³/mol. The quantitative estimate of drug-likeness (QED) is 0.213. The number of halogens is 2. The Hall–Kier alpha value is -6.04. The predicted octanol–water partition coefficient (Wildman–Crippen LogP) is 6.31. The first-order valence-corrected chi connectivity index (χ1v) is 16.2. The lowest BCUT2D eigenvalue weighted by molar-refractivity contribution is -0.108. The van der Waals surface area contributed by atoms with Gasteiger partial charge in [-0.15, -0.1) is 5.10 Å². The second kappa shape index (κ2) is 13.1. The first-order chi connectivity index (χ1) is 24.1. The molecule has 0 saturated carbocycles. The monoisotopic (exact) mass is 673 g/mol. The Balaban J connectivity index is 1.01. The van der Waals surface area contributed by atoms with Crippen molar-refractivity contribution in [3.05, 3.63) is 136 Å². The number of alkyl halides is 2. The van der Waals surface area contributed by atoms with Crippen LogP contribution in [0.25, 0.3) is 27.8 Å². The molecule has 1 N–H and O–H groups in total. The lowest BCUT2D eigenvalue weighted by atomic mass is 9.92. The van der Waals surface area contributed by atoms with Crippen molar-refractivity contribution in [1.29, 1.82) is 0 Å². The van der Waals surface area contributed by atoms with Crippen LogP contribution >= 0.6 is 0 Å². The summed E-state index contributed by atoms with van der Waals surface area (Å²) in [5.41, 5.74) is 4.13. The molecule has 0 radical (unpaired) electrons. The number of amides is 2. The molecule has 1 aliphatic rings. The first-order valence-electron chi connectivity index (χ1n) is 16.2. The maximum atomic E-state index is 15.5. The largest absolute Gasteiger partial charge is 0.333 e. The molecule has 2 amide bonds. The molecule has 3 heterocycles. The van der Waals surface area contributed by atoms with Gasteiger partial charge in [-0.2, -0.15) is 0 Å². The second-order valence-electron chi connectivity index (χ2n) is 12.5. The average molecular weight is 674 g/mol. The van der Waals surface area contributed by atoms with Gasteiger partial charge >= 0.3 is 0 Å². The highest BCUT2D eigenvalue weighted by molar-refractivity contribution is 6.06. The number of aryl methyl sites for hydroxylation is 2. The van der Waals surface area contributed by atoms with E-state index in [9.17, 15) is 14.4 Å². The number of piperidine rings is 1. The van der Waals surface area contributed by atoms with Crippen molar-refractivity contribution in [2.24, 2.45) is 5.92 Å². The smallest absolute Gasteiger partial charge is 0.269 e. The number of aromatic nitrogens is 5. The van der Waals surface area contributed by atoms with Crippen molar-refractivity contribution in [2.45, 2.75) is 32.7 Å². The van der Waals surface area contributed by atoms with E-state index >= 15 is 8.78 Å². The van der Waals surface area contributed by atoms with Crippen LogP contribution in [0, 0.1) is 19.8 Å². The van der Waals surface area contributed by atoms with Gasteiger partial charge in [0.15, 0.2) is 0 Å². The topological polar surface area (TPSA) is 115 Å². The third kappa shape index (κ3) is 6.39. The standard InChI is InChI=1S/C38H33F2N7O3/c1-24-12-13-27(20-32(24)35(48)42-29-8-4-3-5-9-29)34-22-46(44-43-34)21-28-18-19-45(23-38(28,39)40)36(49)26-14-16-30(17-15-26)47-25(2)41-33-11-7-6-10-31(33)37(47)50/h3-17,20,22,28H,18-19,21,23H2,1-2H3,(H,42,48). The number of benzene rings is 4. The minimum absolute atomic E-state index is 0.0672. The fourth-order valence-electron chi connectivity index (χ4n) is 6.36. The number of nitrogens with zero attached hydrogens (tertiary/aromatic N) is 6. The molecule has 1 saturated heterocycles. The average Bonchev–Trinajstić information content (AvgIpc) is 3.58. The zero-order valence-electron chi connectivity index (χ0n) is 27.4. The third-order valence-electron chi connectivity index (χ3n) is 9.11. The van der Waals surface area contributed by atoms with E-state index in [1.54, 1.807) is 73.8 Å². The Labute approximate surface area is 286 Å². The van der Waals surface area contributed by atoms with Gasteiger partial charge in [0.2, 0.25) is 0 Å². The lowest BCUT2D eigenvalue weighted by Gasteiger charge is -2.38. The minimum Gasteiger partial charge on any atom is -0.333 e. The molecule has 1 aliphatic heterocycles. The zero-order chi connectivity index (χ0) is 35.0. The van der Waals surface area contributed by atoms with Crippen LogP contribution in [0.2, 0.25) is 0 Å². The van der Waals surface area contributed by atoms with Crippen molar-refractivity contribution in [2.75, 3.05) is 18.4 Å². The van der Waals surface area contributed by atoms with E-state index in [2.05, 4.69) is 20.6 Å². The number of carbonyl (C=O) groups excluding carboxylic acids is 2. The van der Waals surface area contributed by atoms with Gasteiger partial charge in [0.05, 0.1) is 35.9 Å². The number of carbonyl (C=O) groups is 2. The Morgan fingerprint density at radius 3 is 2.44 bits per heavy atom. The fraction of sp³-hybridized carbons (Fsp3) is 0.211. The van der Waals surface area contributed by atoms with Crippen molar-refractivity contribution in [3.8, 4) is 16.9 Å². The summed E-state index contributed by atoms with van der Waals surface area (Å²) in [5.74, 6) is -4.53. The van der Waals surface area contributed by atoms with Gasteiger partial charge in [0.1, 0.15) is 11.5 Å². The summed E-state index contributed by atoms with van der Waals surface area (Å²) in [7, 11) is 0. The van der Waals surface area contributed by atoms with Crippen LogP contribution in [0.1, 0.15) is 38.5 Å². The normalized spacial score (nSPS) is 15.6. The van der Waals surface area contributed by atoms with Gasteiger partial charge in [-0.3, -0.25) is 23.6 Å². The van der Waals surface area contributed by atoms with Crippen LogP contribution < -0.4 is 10.9 Å². The summed E-state index contributed by atoms with van der Waals surface area (Å²) >= 11 is 0. The fourth-order valence-corrected chi connectivity index (χ4v) is 6.36. The highest BCUT2D eigenvalue weighted by atomic mass is 19.3. The molecule has 2 aromatic heterocycles. The number of nitrogens with one attached hydrogen (secondary N) is 1. The third-order valence-corrected chi connectivity index (χ3v) is 9.11. The van der Waals surface area contributed by atoms with E-state index in [1.165, 1.54) is 14.1 Å². The van der Waals surface area contributed by atoms with Crippen molar-refractivity contribution >= 4 is 28.4 Å². The van der Waals surface area contributed by atoms with E-state index < -0.39 is 24.3 Å². The SMILES string of the molecule is Cc1ccc(-c2cn(CC3CCN(C(=O)c4ccc(-n5c(C)nc6ccccc6c5=O)cc4)CC3(F)F)nn2)cc1C(=O)Nc1ccccc1. The number of hydrogen-bond donors (Lipinski definition) is 1. The Kier molecular flexibility index (Phi) is 8.52. The molecule has 0 aliphatic carbocycles. The maximum absolute atomic E-state index is 15.5. The molecule has 0 spiro atoms. The summed E-state index contributed by atoms with van der Waals surface area (Å²) in [5, 5.41) is 11.7. The van der Waals surface area contributed by atoms with Crippen LogP contribution in [-0.4, -0.2) is 60.3 Å². The van der Waals surface area contributed by atoms with E-state index in [4.69, 9.17) is 0 Å². The Morgan fingerprint density at radius 2 is 1.68 bits per heavy atom. The molecule has 12 heteroatoms. The van der Waals surface area contributed by atoms with Crippen molar-refractivity contribution in [1.82, 2.24) is 29.4 Å². The molecule has 0 bridgehead atoms. The molecular weight excluding hydrogens is 640 g/mol. The van der Waals surface area contributed by atoms with Gasteiger partial charge in [-0.1, -0.05) is 47.7 Å². The van der Waals surface area contributed by atoms with E-state index in [0.29, 0.717) is 44.9 Å². The number of anilines is 1. The molecule has 1 fully saturated rings. The number of para-hydroxylation sites is 2. The van der Waals surface area contributed by atoms with E-state index in [-0.39, 0.29) is 36.5 Å². The summed E-state index contributed by atoms with van der Waals surface area (Å²) in [6, 6.07) is 27.9. The highest BCUT2D eigenvalue weighted by Crippen LogP contribution is 2.35. The van der Waals surface area contributed by atoms with Gasteiger partial charge < -0.3 is 10.2 Å². The van der Waals surface area contributed by atoms with Gasteiger partial charge in [-0.05, 0) is 80.4 Å². The van der Waals surface area contributed by atoms with Crippen LogP contribution in [0.15, 0.2) is 108 Å². The van der Waals surface area contributed by atoms with Gasteiger partial charge in [0.25, 0.3) is 23.3 Å². The van der Waals surface area contributed by atoms with Crippen molar-refractivity contribution in [3.63, 3.8) is 0 Å². The number of hydrogen-bond acceptors (Lipinski definition) is 6. The van der Waals surface area contributed by atoms with Gasteiger partial charge in [0, 0.05) is 34.8 Å². The second-order valence-corrected chi connectivity index (χ2v) is 12.5. The molecule has 252 valence electrons. The molecular formula is C38H33F2N7O3. The van der Waals surface area contributed by atoms with Crippen LogP contribution in [0.4, 0.5) is 14.5 Å². The number of fused-ring (bicyclic) bond motifs is 1. The van der Waals surface area contributed by atoms with Crippen LogP contribution in [0.3, 0.4) is 0 Å². The lowest BCUT2D eigenvalue weighted by Crippen LogP contribution is -2.51. The molecule has 4 aromatic carbocycles. The zero-order valence-corrected chi connectivity index (χ0v) is 27.4. The van der Waals surface area contributed by atoms with Gasteiger partial charge in [-0.25, -0.2) is 13.8 Å². The molecule has 1 unspecified atom stereocenters. The van der Waals surface area contributed by atoms with Crippen molar-refractivity contribution < 1.29 is 18.4 Å². The molecule has 50 heavy (non-hydrogen) atoms. The number of likely N-dealkylation sites (tertiary alicyclic amines) is 1. The molecule has 1 atom stereocenters. The molecule has 10 nitrogen and oxygen atoms in total. The van der Waals surface area contributed by atoms with E-state index in [1.807, 2.05) is 43.3 Å². The van der Waals surface area contributed by atoms with E-state index in [0.717, 1.165) is 5.56 Å². The summed E-state index contributed by atoms with van der Waals surface area (Å²) in [6.45, 7) is 2.89. The highest BCUT2D eigenvalue weighted by Gasteiger charge is 2.46. The Bertz CT molecular complexity index is 2280. The van der Waals surface area contributed by atoms with Crippen LogP contribution in [0.5, 0.6) is 0 Å². The number of rotatable bonds is 7. The first kappa shape index (κ1) is 32.5. The Morgan fingerprint density at radius 1 is 0.940 bits per heavy atom. The summed E-state index contributed by atoms with van der Waals surface area (Å²) < 4.78 is 33.9. The summed E-state index contributed by atoms with van der Waals surface area (Å²) in [6.07, 6.45) is 1.66. The molecule has 7 rings (SSSR count). The van der Waals surface area contributed by atoms with Crippen LogP contribution in [-0.2, 0) is 6.54 Å². The summed E-state index contributed by atoms with van der Waals surface area (Å²) in [4.78, 5) is 45.2. The molecule has 6 aromatic rings.